The Kier molecular flexibility index (Phi) is 5.59. The summed E-state index contributed by atoms with van der Waals surface area (Å²) in [6, 6.07) is 27.7. The van der Waals surface area contributed by atoms with E-state index in [1.54, 1.807) is 0 Å². The normalized spacial score (nSPS) is 15.2. The molecule has 0 aromatic heterocycles. The van der Waals surface area contributed by atoms with E-state index in [9.17, 15) is 0 Å². The van der Waals surface area contributed by atoms with Gasteiger partial charge in [0.05, 0.1) is 5.60 Å². The zero-order valence-corrected chi connectivity index (χ0v) is 23.8. The molecular formula is C37H36BO. The zero-order chi connectivity index (χ0) is 26.9. The second-order valence-corrected chi connectivity index (χ2v) is 13.1. The Labute approximate surface area is 234 Å². The van der Waals surface area contributed by atoms with Crippen molar-refractivity contribution in [2.75, 3.05) is 0 Å². The average Bonchev–Trinajstić information content (AvgIpc) is 3.48. The summed E-state index contributed by atoms with van der Waals surface area (Å²) < 4.78 is 6.28. The second kappa shape index (κ2) is 8.83. The topological polar surface area (TPSA) is 9.23 Å². The SMILES string of the molecule is CC(C)(C)C(C)(C)O[B]c1ccc2c(c1)CCC=C2c1ccc2c(c1)Cc1ccc3c(c1-2)-c1ccccc1C3. The van der Waals surface area contributed by atoms with Gasteiger partial charge in [0.1, 0.15) is 0 Å². The Balaban J connectivity index is 1.19. The Hall–Kier alpha value is -3.36. The van der Waals surface area contributed by atoms with Crippen LogP contribution < -0.4 is 5.46 Å². The van der Waals surface area contributed by atoms with E-state index in [1.165, 1.54) is 66.8 Å². The maximum atomic E-state index is 6.28. The Morgan fingerprint density at radius 1 is 0.641 bits per heavy atom. The number of allylic oxidation sites excluding steroid dienone is 1. The van der Waals surface area contributed by atoms with Crippen molar-refractivity contribution < 1.29 is 4.65 Å². The van der Waals surface area contributed by atoms with Crippen LogP contribution in [0.15, 0.2) is 78.9 Å². The van der Waals surface area contributed by atoms with Crippen LogP contribution in [0.25, 0.3) is 27.8 Å². The largest absolute Gasteiger partial charge is 0.429 e. The number of hydrogen-bond acceptors (Lipinski definition) is 1. The van der Waals surface area contributed by atoms with E-state index in [1.807, 2.05) is 7.48 Å². The first-order valence-corrected chi connectivity index (χ1v) is 14.4. The van der Waals surface area contributed by atoms with E-state index >= 15 is 0 Å². The van der Waals surface area contributed by atoms with Gasteiger partial charge in [0, 0.05) is 0 Å². The van der Waals surface area contributed by atoms with Gasteiger partial charge in [-0.3, -0.25) is 0 Å². The van der Waals surface area contributed by atoms with Crippen LogP contribution in [-0.2, 0) is 23.9 Å². The van der Waals surface area contributed by atoms with Gasteiger partial charge < -0.3 is 4.65 Å². The van der Waals surface area contributed by atoms with E-state index in [-0.39, 0.29) is 11.0 Å². The molecule has 0 spiro atoms. The minimum Gasteiger partial charge on any atom is -0.429 e. The minimum atomic E-state index is -0.238. The maximum Gasteiger partial charge on any atom is 0.330 e. The van der Waals surface area contributed by atoms with E-state index in [0.717, 1.165) is 31.1 Å². The lowest BCUT2D eigenvalue weighted by molar-refractivity contribution is 0.00504. The third-order valence-corrected chi connectivity index (χ3v) is 9.59. The van der Waals surface area contributed by atoms with Crippen LogP contribution in [0.4, 0.5) is 0 Å². The molecule has 0 aliphatic heterocycles. The summed E-state index contributed by atoms with van der Waals surface area (Å²) in [4.78, 5) is 0. The third kappa shape index (κ3) is 4.04. The van der Waals surface area contributed by atoms with Crippen molar-refractivity contribution in [2.45, 2.75) is 65.9 Å². The Bertz CT molecular complexity index is 1660. The van der Waals surface area contributed by atoms with Crippen LogP contribution >= 0.6 is 0 Å². The van der Waals surface area contributed by atoms with Gasteiger partial charge in [-0.2, -0.15) is 0 Å². The highest BCUT2D eigenvalue weighted by Gasteiger charge is 2.33. The summed E-state index contributed by atoms with van der Waals surface area (Å²) >= 11 is 0. The molecule has 3 aliphatic carbocycles. The quantitative estimate of drug-likeness (QED) is 0.218. The molecular weight excluding hydrogens is 471 g/mol. The highest BCUT2D eigenvalue weighted by atomic mass is 16.5. The molecule has 1 radical (unpaired) electrons. The van der Waals surface area contributed by atoms with E-state index in [2.05, 4.69) is 113 Å². The van der Waals surface area contributed by atoms with Gasteiger partial charge in [0.15, 0.2) is 0 Å². The van der Waals surface area contributed by atoms with Gasteiger partial charge in [-0.05, 0) is 112 Å². The van der Waals surface area contributed by atoms with Gasteiger partial charge in [-0.1, -0.05) is 105 Å². The summed E-state index contributed by atoms with van der Waals surface area (Å²) in [5.74, 6) is 0. The second-order valence-electron chi connectivity index (χ2n) is 13.1. The van der Waals surface area contributed by atoms with E-state index in [4.69, 9.17) is 4.65 Å². The molecule has 0 saturated heterocycles. The highest BCUT2D eigenvalue weighted by molar-refractivity contribution is 6.47. The molecule has 0 bridgehead atoms. The molecule has 4 aromatic carbocycles. The van der Waals surface area contributed by atoms with E-state index in [0.29, 0.717) is 0 Å². The number of aryl methyl sites for hydroxylation is 1. The number of rotatable bonds is 4. The standard InChI is InChI=1S/C37H36BO/c1-36(2,3)37(4,5)39-38-29-16-18-31-24(22-29)10-8-12-30(31)25-15-17-33-28(20-25)21-27-14-13-26-19-23-9-6-7-11-32(23)34(26)35(27)33/h6-7,9,11-18,20,22H,8,10,19,21H2,1-5H3. The predicted molar refractivity (Wildman–Crippen MR) is 165 cm³/mol. The Morgan fingerprint density at radius 2 is 1.33 bits per heavy atom. The lowest BCUT2D eigenvalue weighted by atomic mass is 9.75. The monoisotopic (exact) mass is 507 g/mol. The third-order valence-electron chi connectivity index (χ3n) is 9.59. The zero-order valence-electron chi connectivity index (χ0n) is 23.8. The molecule has 0 fully saturated rings. The molecule has 4 aromatic rings. The first-order valence-electron chi connectivity index (χ1n) is 14.4. The van der Waals surface area contributed by atoms with Crippen molar-refractivity contribution in [1.82, 2.24) is 0 Å². The summed E-state index contributed by atoms with van der Waals surface area (Å²) in [6.45, 7) is 11.0. The van der Waals surface area contributed by atoms with Gasteiger partial charge in [-0.15, -0.1) is 0 Å². The fourth-order valence-electron chi connectivity index (χ4n) is 6.38. The molecule has 0 saturated carbocycles. The van der Waals surface area contributed by atoms with Crippen LogP contribution in [0, 0.1) is 5.41 Å². The smallest absolute Gasteiger partial charge is 0.330 e. The van der Waals surface area contributed by atoms with Gasteiger partial charge in [0.2, 0.25) is 0 Å². The maximum absolute atomic E-state index is 6.28. The molecule has 2 heteroatoms. The summed E-state index contributed by atoms with van der Waals surface area (Å²) in [6.07, 6.45) is 6.65. The molecule has 1 nitrogen and oxygen atoms in total. The van der Waals surface area contributed by atoms with Crippen molar-refractivity contribution in [3.8, 4) is 22.3 Å². The van der Waals surface area contributed by atoms with Crippen molar-refractivity contribution in [3.63, 3.8) is 0 Å². The minimum absolute atomic E-state index is 0.0598. The van der Waals surface area contributed by atoms with Gasteiger partial charge in [-0.25, -0.2) is 0 Å². The van der Waals surface area contributed by atoms with Crippen LogP contribution in [-0.4, -0.2) is 13.1 Å². The van der Waals surface area contributed by atoms with Crippen molar-refractivity contribution in [3.05, 3.63) is 118 Å². The first kappa shape index (κ1) is 24.7. The lowest BCUT2D eigenvalue weighted by Gasteiger charge is -2.39. The first-order chi connectivity index (χ1) is 18.7. The highest BCUT2D eigenvalue weighted by Crippen LogP contribution is 2.49. The molecule has 0 N–H and O–H groups in total. The Morgan fingerprint density at radius 3 is 2.10 bits per heavy atom. The molecule has 0 unspecified atom stereocenters. The number of fused-ring (bicyclic) bond motifs is 8. The molecule has 7 rings (SSSR count). The van der Waals surface area contributed by atoms with Crippen molar-refractivity contribution in [2.24, 2.45) is 5.41 Å². The summed E-state index contributed by atoms with van der Waals surface area (Å²) in [7, 11) is 1.95. The van der Waals surface area contributed by atoms with Crippen LogP contribution in [0.5, 0.6) is 0 Å². The number of hydrogen-bond donors (Lipinski definition) is 0. The van der Waals surface area contributed by atoms with Gasteiger partial charge >= 0.3 is 7.48 Å². The predicted octanol–water partition coefficient (Wildman–Crippen LogP) is 8.29. The van der Waals surface area contributed by atoms with Crippen LogP contribution in [0.3, 0.4) is 0 Å². The van der Waals surface area contributed by atoms with Crippen LogP contribution in [0.1, 0.15) is 80.0 Å². The fraction of sp³-hybridized carbons (Fsp3) is 0.297. The molecule has 0 heterocycles. The lowest BCUT2D eigenvalue weighted by Crippen LogP contribution is -2.42. The number of benzene rings is 4. The van der Waals surface area contributed by atoms with E-state index < -0.39 is 0 Å². The molecule has 3 aliphatic rings. The molecule has 0 atom stereocenters. The molecule has 39 heavy (non-hydrogen) atoms. The molecule has 193 valence electrons. The van der Waals surface area contributed by atoms with Crippen molar-refractivity contribution >= 4 is 18.5 Å². The average molecular weight is 508 g/mol. The molecule has 0 amide bonds. The summed E-state index contributed by atoms with van der Waals surface area (Å²) in [5, 5.41) is 0. The fourth-order valence-corrected chi connectivity index (χ4v) is 6.38. The van der Waals surface area contributed by atoms with Gasteiger partial charge in [0.25, 0.3) is 0 Å². The summed E-state index contributed by atoms with van der Waals surface area (Å²) in [5.41, 5.74) is 18.1. The van der Waals surface area contributed by atoms with Crippen molar-refractivity contribution in [1.29, 1.82) is 0 Å². The van der Waals surface area contributed by atoms with Crippen LogP contribution in [0.2, 0.25) is 0 Å².